The second-order valence-corrected chi connectivity index (χ2v) is 1.08. The maximum atomic E-state index is 2.89. The quantitative estimate of drug-likeness (QED) is 0.352. The van der Waals surface area contributed by atoms with E-state index < -0.39 is 0 Å². The number of hydrogen-bond donors (Lipinski definition) is 0. The van der Waals surface area contributed by atoms with Crippen LogP contribution in [0.15, 0.2) is 30.3 Å². The van der Waals surface area contributed by atoms with E-state index in [4.69, 9.17) is 0 Å². The smallest absolute Gasteiger partial charge is 0 e. The van der Waals surface area contributed by atoms with Gasteiger partial charge in [-0.25, -0.2) is 0 Å². The first kappa shape index (κ1) is 43.5. The molecule has 0 heterocycles. The minimum absolute atomic E-state index is 0. The van der Waals surface area contributed by atoms with E-state index in [-0.39, 0.29) is 124 Å². The van der Waals surface area contributed by atoms with Crippen molar-refractivity contribution in [1.29, 1.82) is 0 Å². The van der Waals surface area contributed by atoms with Gasteiger partial charge in [0, 0.05) is 117 Å². The fourth-order valence-electron chi connectivity index (χ4n) is 0.342. The fraction of sp³-hybridized carbons (Fsp3) is 0.222. The van der Waals surface area contributed by atoms with Crippen molar-refractivity contribution >= 4 is 0 Å². The van der Waals surface area contributed by atoms with Crippen molar-refractivity contribution in [2.45, 2.75) is 13.8 Å². The van der Waals surface area contributed by atoms with Crippen LogP contribution in [-0.4, -0.2) is 0 Å². The van der Waals surface area contributed by atoms with E-state index in [0.717, 1.165) is 0 Å². The third-order valence-corrected chi connectivity index (χ3v) is 0.607. The minimum Gasteiger partial charge on any atom is -0.358 e. The van der Waals surface area contributed by atoms with Crippen molar-refractivity contribution in [1.82, 2.24) is 0 Å². The first-order valence-corrected chi connectivity index (χ1v) is 2.91. The summed E-state index contributed by atoms with van der Waals surface area (Å²) in [7, 11) is 0. The van der Waals surface area contributed by atoms with Crippen molar-refractivity contribution in [3.8, 4) is 0 Å². The van der Waals surface area contributed by atoms with Gasteiger partial charge >= 0.3 is 0 Å². The molecule has 1 rings (SSSR count). The summed E-state index contributed by atoms with van der Waals surface area (Å²) in [4.78, 5) is 0. The van der Waals surface area contributed by atoms with Crippen LogP contribution in [0.4, 0.5) is 0 Å². The van der Waals surface area contributed by atoms with Gasteiger partial charge in [-0.3, -0.25) is 0 Å². The Morgan fingerprint density at radius 2 is 1.00 bits per heavy atom. The van der Waals surface area contributed by atoms with Crippen molar-refractivity contribution in [2.24, 2.45) is 0 Å². The molecule has 0 saturated carbocycles. The summed E-state index contributed by atoms with van der Waals surface area (Å²) in [6.45, 7) is 4.00. The van der Waals surface area contributed by atoms with Gasteiger partial charge < -0.3 is 7.43 Å². The maximum Gasteiger partial charge on any atom is 0 e. The van der Waals surface area contributed by atoms with E-state index in [1.54, 1.807) is 0 Å². The van der Waals surface area contributed by atoms with Gasteiger partial charge in [0.15, 0.2) is 0 Å². The molecule has 0 fully saturated rings. The van der Waals surface area contributed by atoms with Crippen molar-refractivity contribution in [2.75, 3.05) is 0 Å². The van der Waals surface area contributed by atoms with Crippen LogP contribution in [0.1, 0.15) is 13.8 Å². The van der Waals surface area contributed by atoms with Crippen molar-refractivity contribution < 1.29 is 117 Å². The van der Waals surface area contributed by atoms with Crippen LogP contribution in [0.3, 0.4) is 0 Å². The second kappa shape index (κ2) is 44.4. The number of rotatable bonds is 0. The minimum atomic E-state index is 0. The molecule has 0 N–H and O–H groups in total. The average molecular weight is 946 g/mol. The summed E-state index contributed by atoms with van der Waals surface area (Å²) in [5, 5.41) is 0. The van der Waals surface area contributed by atoms with Gasteiger partial charge in [-0.1, -0.05) is 13.8 Å². The molecular formula is C9H14W4Y-2. The van der Waals surface area contributed by atoms with E-state index in [2.05, 4.69) is 6.07 Å². The van der Waals surface area contributed by atoms with E-state index in [0.29, 0.717) is 0 Å². The summed E-state index contributed by atoms with van der Waals surface area (Å²) >= 11 is 0. The molecule has 14 heavy (non-hydrogen) atoms. The predicted molar refractivity (Wildman–Crippen MR) is 43.0 cm³/mol. The molecule has 1 aromatic carbocycles. The van der Waals surface area contributed by atoms with Crippen LogP contribution in [0, 0.1) is 13.5 Å². The van der Waals surface area contributed by atoms with Gasteiger partial charge in [0.05, 0.1) is 0 Å². The normalized spacial score (nSPS) is 3.86. The Kier molecular flexibility index (Phi) is 138. The maximum absolute atomic E-state index is 2.89. The molecule has 0 amide bonds. The second-order valence-electron chi connectivity index (χ2n) is 1.08. The zero-order chi connectivity index (χ0) is 6.24. The zero-order valence-corrected chi connectivity index (χ0v) is 23.2. The Labute approximate surface area is 171 Å². The van der Waals surface area contributed by atoms with Crippen LogP contribution in [0.5, 0.6) is 0 Å². The van der Waals surface area contributed by atoms with E-state index >= 15 is 0 Å². The summed E-state index contributed by atoms with van der Waals surface area (Å²) in [6, 6.07) is 12.5. The van der Waals surface area contributed by atoms with Gasteiger partial charge in [0.2, 0.25) is 0 Å². The first-order valence-electron chi connectivity index (χ1n) is 2.91. The Morgan fingerprint density at radius 3 is 1.07 bits per heavy atom. The molecule has 0 aromatic heterocycles. The Balaban J connectivity index is -0.0000000117. The molecule has 0 spiro atoms. The zero-order valence-electron chi connectivity index (χ0n) is 8.60. The van der Waals surface area contributed by atoms with E-state index in [1.807, 2.05) is 44.2 Å². The van der Waals surface area contributed by atoms with Gasteiger partial charge in [0.25, 0.3) is 0 Å². The standard InChI is InChI=1S/C6H5.C2H6.CH3.4W.Y/c1-2-4-6-5-3-1;1-2;;;;;;/h1-5H;1-2H3;1H3;;;;;/q-1;;-1;;;;;. The largest absolute Gasteiger partial charge is 0.358 e. The van der Waals surface area contributed by atoms with Gasteiger partial charge in [-0.15, -0.1) is 0 Å². The monoisotopic (exact) mass is 947 g/mol. The van der Waals surface area contributed by atoms with E-state index in [9.17, 15) is 0 Å². The third-order valence-electron chi connectivity index (χ3n) is 0.607. The van der Waals surface area contributed by atoms with Gasteiger partial charge in [-0.05, 0) is 0 Å². The summed E-state index contributed by atoms with van der Waals surface area (Å²) in [5.74, 6) is 0. The van der Waals surface area contributed by atoms with Crippen molar-refractivity contribution in [3.63, 3.8) is 0 Å². The van der Waals surface area contributed by atoms with Gasteiger partial charge in [-0.2, -0.15) is 36.4 Å². The summed E-state index contributed by atoms with van der Waals surface area (Å²) in [5.41, 5.74) is 0. The molecule has 1 radical (unpaired) electrons. The molecule has 0 aliphatic carbocycles. The summed E-state index contributed by atoms with van der Waals surface area (Å²) in [6.07, 6.45) is 0. The van der Waals surface area contributed by atoms with Crippen LogP contribution in [-0.2, 0) is 117 Å². The molecule has 0 bridgehead atoms. The molecule has 1 aromatic rings. The van der Waals surface area contributed by atoms with Gasteiger partial charge in [0.1, 0.15) is 0 Å². The predicted octanol–water partition coefficient (Wildman–Crippen LogP) is 2.95. The number of hydrogen-bond acceptors (Lipinski definition) is 0. The van der Waals surface area contributed by atoms with Crippen LogP contribution >= 0.6 is 0 Å². The number of benzene rings is 1. The Bertz CT molecular complexity index is 88.7. The Hall–Kier alpha value is 3.08. The SMILES string of the molecule is CC.[CH3-].[W].[W].[W].[W].[Y].[c-]1ccccc1. The molecule has 0 nitrogen and oxygen atoms in total. The van der Waals surface area contributed by atoms with E-state index in [1.165, 1.54) is 0 Å². The summed E-state index contributed by atoms with van der Waals surface area (Å²) < 4.78 is 0. The molecule has 0 saturated heterocycles. The van der Waals surface area contributed by atoms with Crippen LogP contribution in [0.2, 0.25) is 0 Å². The van der Waals surface area contributed by atoms with Crippen LogP contribution < -0.4 is 0 Å². The fourth-order valence-corrected chi connectivity index (χ4v) is 0.342. The molecule has 0 aliphatic rings. The molecule has 79 valence electrons. The molecule has 0 aliphatic heterocycles. The average Bonchev–Trinajstić information content (AvgIpc) is 1.96. The van der Waals surface area contributed by atoms with Crippen LogP contribution in [0.25, 0.3) is 0 Å². The third kappa shape index (κ3) is 36.3. The molecule has 0 atom stereocenters. The van der Waals surface area contributed by atoms with Crippen molar-refractivity contribution in [3.05, 3.63) is 43.8 Å². The molecular weight excluding hydrogens is 932 g/mol. The molecule has 0 unspecified atom stereocenters. The Morgan fingerprint density at radius 1 is 0.714 bits per heavy atom. The molecule has 5 heteroatoms. The first-order chi connectivity index (χ1) is 4.00. The topological polar surface area (TPSA) is 0 Å².